The topological polar surface area (TPSA) is 41.6 Å². The highest BCUT2D eigenvalue weighted by molar-refractivity contribution is 9.10. The van der Waals surface area contributed by atoms with Gasteiger partial charge >= 0.3 is 0 Å². The number of rotatable bonds is 3. The molecular formula is C15H18BrClN2O2. The second-order valence-corrected chi connectivity index (χ2v) is 6.87. The Labute approximate surface area is 137 Å². The van der Waals surface area contributed by atoms with Gasteiger partial charge in [-0.05, 0) is 44.0 Å². The Hall–Kier alpha value is -0.780. The summed E-state index contributed by atoms with van der Waals surface area (Å²) in [7, 11) is 0. The minimum Gasteiger partial charge on any atom is -0.482 e. The van der Waals surface area contributed by atoms with E-state index in [0.717, 1.165) is 36.8 Å². The Kier molecular flexibility index (Phi) is 4.72. The van der Waals surface area contributed by atoms with Crippen molar-refractivity contribution >= 4 is 33.4 Å². The van der Waals surface area contributed by atoms with E-state index in [2.05, 4.69) is 21.2 Å². The maximum absolute atomic E-state index is 12.5. The average molecular weight is 374 g/mol. The number of amides is 1. The molecule has 2 aliphatic rings. The van der Waals surface area contributed by atoms with Crippen LogP contribution in [0.2, 0.25) is 5.02 Å². The third-order valence-corrected chi connectivity index (χ3v) is 4.98. The zero-order valence-corrected chi connectivity index (χ0v) is 14.0. The molecule has 2 fully saturated rings. The van der Waals surface area contributed by atoms with Crippen molar-refractivity contribution in [2.24, 2.45) is 0 Å². The van der Waals surface area contributed by atoms with Gasteiger partial charge in [0.1, 0.15) is 5.75 Å². The number of fused-ring (bicyclic) bond motifs is 2. The highest BCUT2D eigenvalue weighted by Crippen LogP contribution is 2.30. The fourth-order valence-electron chi connectivity index (χ4n) is 3.20. The average Bonchev–Trinajstić information content (AvgIpc) is 2.71. The van der Waals surface area contributed by atoms with E-state index in [9.17, 15) is 4.79 Å². The van der Waals surface area contributed by atoms with E-state index in [1.807, 2.05) is 11.0 Å². The molecule has 1 aromatic rings. The van der Waals surface area contributed by atoms with Crippen LogP contribution in [0.4, 0.5) is 0 Å². The van der Waals surface area contributed by atoms with E-state index in [1.165, 1.54) is 0 Å². The van der Waals surface area contributed by atoms with Crippen molar-refractivity contribution < 1.29 is 9.53 Å². The lowest BCUT2D eigenvalue weighted by molar-refractivity contribution is -0.135. The molecule has 114 valence electrons. The van der Waals surface area contributed by atoms with E-state index in [0.29, 0.717) is 22.9 Å². The monoisotopic (exact) mass is 372 g/mol. The number of benzene rings is 1. The summed E-state index contributed by atoms with van der Waals surface area (Å²) in [5.41, 5.74) is 0. The molecular weight excluding hydrogens is 356 g/mol. The number of nitrogens with one attached hydrogen (secondary N) is 1. The Bertz CT molecular complexity index is 526. The molecule has 0 saturated carbocycles. The van der Waals surface area contributed by atoms with Crippen molar-refractivity contribution in [3.05, 3.63) is 27.7 Å². The number of nitrogens with zero attached hydrogens (tertiary/aromatic N) is 1. The molecule has 0 aromatic heterocycles. The van der Waals surface area contributed by atoms with Crippen LogP contribution < -0.4 is 10.1 Å². The molecule has 0 radical (unpaired) electrons. The molecule has 2 unspecified atom stereocenters. The first-order valence-electron chi connectivity index (χ1n) is 7.25. The Morgan fingerprint density at radius 1 is 1.38 bits per heavy atom. The molecule has 1 N–H and O–H groups in total. The SMILES string of the molecule is O=C(COc1ccc(Br)cc1Cl)N1C2CCNCC1CC2. The fraction of sp³-hybridized carbons (Fsp3) is 0.533. The molecule has 2 aliphatic heterocycles. The number of halogens is 2. The smallest absolute Gasteiger partial charge is 0.261 e. The van der Waals surface area contributed by atoms with Crippen molar-refractivity contribution in [1.82, 2.24) is 10.2 Å². The van der Waals surface area contributed by atoms with Crippen molar-refractivity contribution in [1.29, 1.82) is 0 Å². The van der Waals surface area contributed by atoms with Gasteiger partial charge in [0.2, 0.25) is 0 Å². The number of ether oxygens (including phenoxy) is 1. The predicted octanol–water partition coefficient (Wildman–Crippen LogP) is 2.83. The van der Waals surface area contributed by atoms with Crippen LogP contribution in [0.15, 0.2) is 22.7 Å². The van der Waals surface area contributed by atoms with Crippen molar-refractivity contribution in [2.75, 3.05) is 19.7 Å². The normalized spacial score (nSPS) is 24.8. The Balaban J connectivity index is 1.63. The second-order valence-electron chi connectivity index (χ2n) is 5.54. The minimum absolute atomic E-state index is 0.0500. The van der Waals surface area contributed by atoms with Gasteiger partial charge < -0.3 is 15.0 Å². The molecule has 2 bridgehead atoms. The van der Waals surface area contributed by atoms with Gasteiger partial charge in [0, 0.05) is 23.1 Å². The van der Waals surface area contributed by atoms with Gasteiger partial charge in [-0.3, -0.25) is 4.79 Å². The maximum Gasteiger partial charge on any atom is 0.261 e. The maximum atomic E-state index is 12.5. The van der Waals surface area contributed by atoms with Crippen LogP contribution in [-0.4, -0.2) is 42.6 Å². The minimum atomic E-state index is 0.0500. The van der Waals surface area contributed by atoms with Crippen LogP contribution >= 0.6 is 27.5 Å². The molecule has 6 heteroatoms. The summed E-state index contributed by atoms with van der Waals surface area (Å²) in [6, 6.07) is 6.07. The molecule has 4 nitrogen and oxygen atoms in total. The quantitative estimate of drug-likeness (QED) is 0.886. The summed E-state index contributed by atoms with van der Waals surface area (Å²) in [5, 5.41) is 3.90. The van der Waals surface area contributed by atoms with E-state index in [4.69, 9.17) is 16.3 Å². The van der Waals surface area contributed by atoms with Gasteiger partial charge in [-0.15, -0.1) is 0 Å². The van der Waals surface area contributed by atoms with Gasteiger partial charge in [0.25, 0.3) is 5.91 Å². The van der Waals surface area contributed by atoms with E-state index in [-0.39, 0.29) is 12.5 Å². The summed E-state index contributed by atoms with van der Waals surface area (Å²) >= 11 is 9.45. The Morgan fingerprint density at radius 3 is 3.00 bits per heavy atom. The van der Waals surface area contributed by atoms with Crippen LogP contribution in [0.1, 0.15) is 19.3 Å². The molecule has 1 aromatic carbocycles. The van der Waals surface area contributed by atoms with Crippen molar-refractivity contribution in [3.63, 3.8) is 0 Å². The van der Waals surface area contributed by atoms with Gasteiger partial charge in [0.05, 0.1) is 5.02 Å². The van der Waals surface area contributed by atoms with Crippen LogP contribution in [0.25, 0.3) is 0 Å². The second kappa shape index (κ2) is 6.55. The third-order valence-electron chi connectivity index (χ3n) is 4.19. The van der Waals surface area contributed by atoms with E-state index >= 15 is 0 Å². The first kappa shape index (κ1) is 15.1. The standard InChI is InChI=1S/C15H18BrClN2O2/c16-10-1-4-14(13(17)7-10)21-9-15(20)19-11-2-3-12(19)8-18-6-5-11/h1,4,7,11-12,18H,2-3,5-6,8-9H2. The lowest BCUT2D eigenvalue weighted by Crippen LogP contribution is -2.44. The zero-order valence-electron chi connectivity index (χ0n) is 11.6. The number of hydrogen-bond donors (Lipinski definition) is 1. The molecule has 3 rings (SSSR count). The molecule has 2 atom stereocenters. The van der Waals surface area contributed by atoms with E-state index in [1.54, 1.807) is 12.1 Å². The first-order chi connectivity index (χ1) is 10.1. The summed E-state index contributed by atoms with van der Waals surface area (Å²) in [5.74, 6) is 0.610. The van der Waals surface area contributed by atoms with Gasteiger partial charge in [-0.2, -0.15) is 0 Å². The summed E-state index contributed by atoms with van der Waals surface area (Å²) in [6.07, 6.45) is 3.22. The van der Waals surface area contributed by atoms with Crippen LogP contribution in [0.5, 0.6) is 5.75 Å². The molecule has 0 spiro atoms. The first-order valence-corrected chi connectivity index (χ1v) is 8.42. The Morgan fingerprint density at radius 2 is 2.19 bits per heavy atom. The van der Waals surface area contributed by atoms with Crippen LogP contribution in [0.3, 0.4) is 0 Å². The summed E-state index contributed by atoms with van der Waals surface area (Å²) in [4.78, 5) is 14.5. The van der Waals surface area contributed by atoms with Gasteiger partial charge in [0.15, 0.2) is 6.61 Å². The number of carbonyl (C=O) groups is 1. The summed E-state index contributed by atoms with van der Waals surface area (Å²) < 4.78 is 6.50. The lowest BCUT2D eigenvalue weighted by atomic mass is 10.1. The molecule has 1 amide bonds. The van der Waals surface area contributed by atoms with Crippen molar-refractivity contribution in [2.45, 2.75) is 31.3 Å². The highest BCUT2D eigenvalue weighted by Gasteiger charge is 2.37. The van der Waals surface area contributed by atoms with Gasteiger partial charge in [-0.25, -0.2) is 0 Å². The summed E-state index contributed by atoms with van der Waals surface area (Å²) in [6.45, 7) is 1.93. The zero-order chi connectivity index (χ0) is 14.8. The fourth-order valence-corrected chi connectivity index (χ4v) is 3.92. The number of carbonyl (C=O) groups excluding carboxylic acids is 1. The molecule has 2 heterocycles. The molecule has 21 heavy (non-hydrogen) atoms. The predicted molar refractivity (Wildman–Crippen MR) is 85.8 cm³/mol. The highest BCUT2D eigenvalue weighted by atomic mass is 79.9. The largest absolute Gasteiger partial charge is 0.482 e. The van der Waals surface area contributed by atoms with Crippen LogP contribution in [0, 0.1) is 0 Å². The van der Waals surface area contributed by atoms with Gasteiger partial charge in [-0.1, -0.05) is 27.5 Å². The molecule has 2 saturated heterocycles. The van der Waals surface area contributed by atoms with Crippen molar-refractivity contribution in [3.8, 4) is 5.75 Å². The molecule has 0 aliphatic carbocycles. The van der Waals surface area contributed by atoms with Crippen LogP contribution in [-0.2, 0) is 4.79 Å². The van der Waals surface area contributed by atoms with E-state index < -0.39 is 0 Å². The third kappa shape index (κ3) is 3.35. The lowest BCUT2D eigenvalue weighted by Gasteiger charge is -2.27. The number of hydrogen-bond acceptors (Lipinski definition) is 3.